The van der Waals surface area contributed by atoms with Gasteiger partial charge < -0.3 is 10.0 Å². The van der Waals surface area contributed by atoms with Crippen LogP contribution in [0.1, 0.15) is 70.6 Å². The summed E-state index contributed by atoms with van der Waals surface area (Å²) in [7, 11) is 1.40. The highest BCUT2D eigenvalue weighted by atomic mass is 16.4. The van der Waals surface area contributed by atoms with Crippen molar-refractivity contribution in [1.82, 2.24) is 0 Å². The van der Waals surface area contributed by atoms with Gasteiger partial charge in [-0.25, -0.2) is 4.79 Å². The van der Waals surface area contributed by atoms with Gasteiger partial charge >= 0.3 is 5.97 Å². The molecule has 6 heteroatoms. The van der Waals surface area contributed by atoms with Gasteiger partial charge in [-0.05, 0) is 71.0 Å². The molecule has 0 amide bonds. The molecule has 1 heterocycles. The van der Waals surface area contributed by atoms with E-state index in [1.165, 1.54) is 12.6 Å². The third kappa shape index (κ3) is 4.41. The first-order valence-electron chi connectivity index (χ1n) is 15.1. The molecule has 0 saturated heterocycles. The number of Topliss-reactive ketones (excluding diaryl/α,β-unsaturated/α-hetero) is 1. The van der Waals surface area contributed by atoms with Crippen molar-refractivity contribution in [3.8, 4) is 11.1 Å². The van der Waals surface area contributed by atoms with Crippen LogP contribution in [0.4, 0.5) is 11.4 Å². The van der Waals surface area contributed by atoms with Gasteiger partial charge in [-0.2, -0.15) is 0 Å². The lowest BCUT2D eigenvalue weighted by atomic mass is 9.88. The van der Waals surface area contributed by atoms with E-state index in [-0.39, 0.29) is 28.9 Å². The number of nitrogens with zero attached hydrogens (tertiary/aromatic N) is 2. The molecule has 1 saturated carbocycles. The summed E-state index contributed by atoms with van der Waals surface area (Å²) in [5.74, 6) is -1.68. The minimum absolute atomic E-state index is 0.0640. The number of rotatable bonds is 7. The van der Waals surface area contributed by atoms with Gasteiger partial charge in [0.15, 0.2) is 17.3 Å². The molecule has 2 unspecified atom stereocenters. The van der Waals surface area contributed by atoms with Crippen molar-refractivity contribution in [3.05, 3.63) is 124 Å². The molecule has 2 aliphatic carbocycles. The third-order valence-corrected chi connectivity index (χ3v) is 9.46. The van der Waals surface area contributed by atoms with Gasteiger partial charge in [-0.3, -0.25) is 14.6 Å². The average molecular weight is 581 g/mol. The summed E-state index contributed by atoms with van der Waals surface area (Å²) in [6, 6.07) is 29.7. The molecular formula is C38H32N2O4. The van der Waals surface area contributed by atoms with Crippen LogP contribution in [0.15, 0.2) is 102 Å². The van der Waals surface area contributed by atoms with Gasteiger partial charge in [0.1, 0.15) is 0 Å². The SMILES string of the molecule is CN=C(C(=O)O)/C(=C/c1ccc2c(c1)C1CCCC1N2c1ccc2c(c1)C(=O)c1ccccc1-2)C(=O)[C@@H](C)c1ccccc1. The summed E-state index contributed by atoms with van der Waals surface area (Å²) in [4.78, 5) is 45.6. The van der Waals surface area contributed by atoms with Crippen LogP contribution < -0.4 is 4.90 Å². The molecule has 1 aliphatic heterocycles. The predicted octanol–water partition coefficient (Wildman–Crippen LogP) is 7.60. The van der Waals surface area contributed by atoms with Crippen LogP contribution in [0.2, 0.25) is 0 Å². The molecule has 218 valence electrons. The van der Waals surface area contributed by atoms with Crippen molar-refractivity contribution in [2.24, 2.45) is 4.99 Å². The molecule has 7 rings (SSSR count). The van der Waals surface area contributed by atoms with Crippen LogP contribution in [0.3, 0.4) is 0 Å². The zero-order valence-electron chi connectivity index (χ0n) is 24.7. The van der Waals surface area contributed by atoms with E-state index in [1.807, 2.05) is 66.7 Å². The highest BCUT2D eigenvalue weighted by Gasteiger charge is 2.42. The van der Waals surface area contributed by atoms with E-state index in [4.69, 9.17) is 0 Å². The number of hydrogen-bond acceptors (Lipinski definition) is 5. The van der Waals surface area contributed by atoms with E-state index in [0.717, 1.165) is 64.0 Å². The molecule has 1 fully saturated rings. The van der Waals surface area contributed by atoms with Gasteiger partial charge in [0.25, 0.3) is 0 Å². The molecule has 4 aromatic carbocycles. The second-order valence-corrected chi connectivity index (χ2v) is 11.8. The van der Waals surface area contributed by atoms with E-state index < -0.39 is 11.9 Å². The maximum atomic E-state index is 13.8. The van der Waals surface area contributed by atoms with Crippen molar-refractivity contribution in [1.29, 1.82) is 0 Å². The molecule has 44 heavy (non-hydrogen) atoms. The molecule has 4 aromatic rings. The smallest absolute Gasteiger partial charge is 0.354 e. The van der Waals surface area contributed by atoms with Crippen molar-refractivity contribution in [3.63, 3.8) is 0 Å². The third-order valence-electron chi connectivity index (χ3n) is 9.46. The van der Waals surface area contributed by atoms with Crippen LogP contribution >= 0.6 is 0 Å². The van der Waals surface area contributed by atoms with Crippen LogP contribution in [0.25, 0.3) is 17.2 Å². The first-order chi connectivity index (χ1) is 21.4. The van der Waals surface area contributed by atoms with Crippen molar-refractivity contribution < 1.29 is 19.5 Å². The largest absolute Gasteiger partial charge is 0.477 e. The van der Waals surface area contributed by atoms with Gasteiger partial charge in [-0.15, -0.1) is 0 Å². The van der Waals surface area contributed by atoms with Crippen molar-refractivity contribution in [2.45, 2.75) is 44.1 Å². The number of carbonyl (C=O) groups is 3. The first kappa shape index (κ1) is 27.7. The van der Waals surface area contributed by atoms with E-state index in [1.54, 1.807) is 13.0 Å². The fourth-order valence-corrected chi connectivity index (χ4v) is 7.35. The van der Waals surface area contributed by atoms with E-state index >= 15 is 0 Å². The molecule has 0 spiro atoms. The molecule has 1 N–H and O–H groups in total. The summed E-state index contributed by atoms with van der Waals surface area (Å²) in [5.41, 5.74) is 8.15. The molecule has 0 bridgehead atoms. The highest BCUT2D eigenvalue weighted by molar-refractivity contribution is 6.50. The summed E-state index contributed by atoms with van der Waals surface area (Å²) in [6.45, 7) is 1.80. The Labute approximate surface area is 256 Å². The Hall–Kier alpha value is -5.10. The maximum absolute atomic E-state index is 13.8. The lowest BCUT2D eigenvalue weighted by Crippen LogP contribution is -2.26. The van der Waals surface area contributed by atoms with Gasteiger partial charge in [0, 0.05) is 47.4 Å². The molecule has 3 atom stereocenters. The summed E-state index contributed by atoms with van der Waals surface area (Å²) in [6.07, 6.45) is 4.87. The van der Waals surface area contributed by atoms with Crippen LogP contribution in [-0.2, 0) is 9.59 Å². The lowest BCUT2D eigenvalue weighted by molar-refractivity contribution is -0.129. The van der Waals surface area contributed by atoms with Gasteiger partial charge in [0.05, 0.1) is 5.57 Å². The summed E-state index contributed by atoms with van der Waals surface area (Å²) in [5, 5.41) is 9.95. The number of carboxylic acid groups (broad SMARTS) is 1. The average Bonchev–Trinajstić information content (AvgIpc) is 3.72. The standard InChI is InChI=1S/C38H32N2O4/c1-22(24-9-4-3-5-10-24)36(41)32(35(39-2)38(43)44)20-23-15-18-34-30(19-23)28-13-8-14-33(28)40(34)25-16-17-27-26-11-6-7-12-29(26)37(42)31(27)21-25/h3-7,9-12,15-22,28,33H,8,13-14H2,1-2H3,(H,43,44)/b32-20-,39-35?/t22-,28?,33?/m0/s1. The second kappa shape index (κ2) is 10.9. The fourth-order valence-electron chi connectivity index (χ4n) is 7.35. The Kier molecular flexibility index (Phi) is 6.85. The molecule has 3 aliphatic rings. The number of fused-ring (bicyclic) bond motifs is 6. The monoisotopic (exact) mass is 580 g/mol. The van der Waals surface area contributed by atoms with Crippen molar-refractivity contribution in [2.75, 3.05) is 11.9 Å². The quantitative estimate of drug-likeness (QED) is 0.158. The lowest BCUT2D eigenvalue weighted by Gasteiger charge is -2.27. The predicted molar refractivity (Wildman–Crippen MR) is 173 cm³/mol. The Morgan fingerprint density at radius 1 is 0.886 bits per heavy atom. The normalized spacial score (nSPS) is 19.3. The number of anilines is 2. The number of ketones is 2. The van der Waals surface area contributed by atoms with E-state index in [9.17, 15) is 19.5 Å². The summed E-state index contributed by atoms with van der Waals surface area (Å²) >= 11 is 0. The number of hydrogen-bond donors (Lipinski definition) is 1. The van der Waals surface area contributed by atoms with Crippen LogP contribution in [-0.4, -0.2) is 41.4 Å². The van der Waals surface area contributed by atoms with Crippen LogP contribution in [0.5, 0.6) is 0 Å². The Morgan fingerprint density at radius 3 is 2.36 bits per heavy atom. The van der Waals surface area contributed by atoms with Gasteiger partial charge in [-0.1, -0.05) is 80.1 Å². The fraction of sp³-hybridized carbons (Fsp3) is 0.211. The Morgan fingerprint density at radius 2 is 1.61 bits per heavy atom. The Bertz CT molecular complexity index is 1910. The maximum Gasteiger partial charge on any atom is 0.354 e. The second-order valence-electron chi connectivity index (χ2n) is 11.8. The number of benzene rings is 4. The first-order valence-corrected chi connectivity index (χ1v) is 15.1. The zero-order valence-corrected chi connectivity index (χ0v) is 24.7. The summed E-state index contributed by atoms with van der Waals surface area (Å²) < 4.78 is 0. The Balaban J connectivity index is 1.28. The number of carboxylic acids is 1. The van der Waals surface area contributed by atoms with Crippen molar-refractivity contribution >= 4 is 40.7 Å². The number of aliphatic carboxylic acids is 1. The molecule has 0 radical (unpaired) electrons. The van der Waals surface area contributed by atoms with Gasteiger partial charge in [0.2, 0.25) is 0 Å². The molecule has 0 aromatic heterocycles. The zero-order chi connectivity index (χ0) is 30.5. The molecule has 6 nitrogen and oxygen atoms in total. The minimum Gasteiger partial charge on any atom is -0.477 e. The number of aliphatic imine (C=N–C) groups is 1. The van der Waals surface area contributed by atoms with Crippen LogP contribution in [0, 0.1) is 0 Å². The number of carbonyl (C=O) groups excluding carboxylic acids is 2. The van der Waals surface area contributed by atoms with E-state index in [0.29, 0.717) is 5.92 Å². The van der Waals surface area contributed by atoms with E-state index in [2.05, 4.69) is 34.2 Å². The minimum atomic E-state index is -1.23. The topological polar surface area (TPSA) is 87.0 Å². The molecular weight excluding hydrogens is 548 g/mol. The highest BCUT2D eigenvalue weighted by Crippen LogP contribution is 2.53.